The molecule has 1 aliphatic heterocycles. The van der Waals surface area contributed by atoms with Gasteiger partial charge in [-0.05, 0) is 6.07 Å². The van der Waals surface area contributed by atoms with Crippen LogP contribution in [0.5, 0.6) is 0 Å². The zero-order valence-electron chi connectivity index (χ0n) is 10.1. The third-order valence-corrected chi connectivity index (χ3v) is 3.10. The average molecular weight is 248 g/mol. The van der Waals surface area contributed by atoms with Crippen molar-refractivity contribution in [2.45, 2.75) is 12.6 Å². The largest absolute Gasteiger partial charge is 0.394 e. The molecule has 6 heteroatoms. The van der Waals surface area contributed by atoms with Crippen LogP contribution in [-0.2, 0) is 11.3 Å². The summed E-state index contributed by atoms with van der Waals surface area (Å²) in [5, 5.41) is 9.11. The van der Waals surface area contributed by atoms with E-state index in [-0.39, 0.29) is 12.7 Å². The number of fused-ring (bicyclic) bond motifs is 1. The second-order valence-electron chi connectivity index (χ2n) is 4.47. The molecule has 0 amide bonds. The minimum absolute atomic E-state index is 0.0726. The number of aromatic nitrogens is 3. The van der Waals surface area contributed by atoms with E-state index in [1.165, 1.54) is 0 Å². The smallest absolute Gasteiger partial charge is 0.233 e. The van der Waals surface area contributed by atoms with E-state index in [9.17, 15) is 0 Å². The Balaban J connectivity index is 1.71. The number of imidazole rings is 1. The average Bonchev–Trinajstić information content (AvgIpc) is 2.81. The third-order valence-electron chi connectivity index (χ3n) is 3.10. The summed E-state index contributed by atoms with van der Waals surface area (Å²) in [5.41, 5.74) is 0.993. The molecule has 1 unspecified atom stereocenters. The predicted octanol–water partition coefficient (Wildman–Crippen LogP) is -0.0776. The van der Waals surface area contributed by atoms with Gasteiger partial charge < -0.3 is 9.84 Å². The Labute approximate surface area is 105 Å². The van der Waals surface area contributed by atoms with Crippen LogP contribution in [0.4, 0.5) is 0 Å². The van der Waals surface area contributed by atoms with Crippen LogP contribution in [0.25, 0.3) is 5.78 Å². The van der Waals surface area contributed by atoms with Crippen molar-refractivity contribution < 1.29 is 9.84 Å². The summed E-state index contributed by atoms with van der Waals surface area (Å²) >= 11 is 0. The van der Waals surface area contributed by atoms with E-state index in [1.807, 2.05) is 22.9 Å². The first-order valence-electron chi connectivity index (χ1n) is 6.08. The third kappa shape index (κ3) is 2.35. The van der Waals surface area contributed by atoms with Gasteiger partial charge in [-0.1, -0.05) is 0 Å². The van der Waals surface area contributed by atoms with Crippen molar-refractivity contribution in [2.75, 3.05) is 26.3 Å². The summed E-state index contributed by atoms with van der Waals surface area (Å²) in [7, 11) is 0. The zero-order valence-corrected chi connectivity index (χ0v) is 10.1. The fourth-order valence-electron chi connectivity index (χ4n) is 2.22. The van der Waals surface area contributed by atoms with Gasteiger partial charge in [-0.25, -0.2) is 9.97 Å². The molecule has 0 saturated carbocycles. The number of hydrogen-bond acceptors (Lipinski definition) is 5. The Morgan fingerprint density at radius 1 is 1.50 bits per heavy atom. The maximum Gasteiger partial charge on any atom is 0.233 e. The van der Waals surface area contributed by atoms with E-state index < -0.39 is 0 Å². The fraction of sp³-hybridized carbons (Fsp3) is 0.500. The molecule has 0 radical (unpaired) electrons. The Kier molecular flexibility index (Phi) is 3.22. The molecular formula is C12H16N4O2. The summed E-state index contributed by atoms with van der Waals surface area (Å²) in [6.07, 6.45) is 5.59. The van der Waals surface area contributed by atoms with Crippen molar-refractivity contribution in [1.82, 2.24) is 19.3 Å². The lowest BCUT2D eigenvalue weighted by Crippen LogP contribution is -2.43. The summed E-state index contributed by atoms with van der Waals surface area (Å²) in [5.74, 6) is 0.722. The van der Waals surface area contributed by atoms with Gasteiger partial charge in [0.15, 0.2) is 0 Å². The van der Waals surface area contributed by atoms with Crippen molar-refractivity contribution in [2.24, 2.45) is 0 Å². The summed E-state index contributed by atoms with van der Waals surface area (Å²) in [6, 6.07) is 1.88. The molecule has 1 atom stereocenters. The van der Waals surface area contributed by atoms with Crippen LogP contribution in [0.3, 0.4) is 0 Å². The standard InChI is InChI=1S/C12H16N4O2/c17-9-11-8-15(4-5-18-11)6-10-7-16-3-1-2-13-12(16)14-10/h1-3,7,11,17H,4-6,8-9H2. The molecule has 1 fully saturated rings. The molecule has 1 N–H and O–H groups in total. The molecule has 0 aromatic carbocycles. The number of ether oxygens (including phenoxy) is 1. The Morgan fingerprint density at radius 3 is 3.28 bits per heavy atom. The van der Waals surface area contributed by atoms with Crippen LogP contribution in [0.15, 0.2) is 24.7 Å². The molecule has 1 saturated heterocycles. The van der Waals surface area contributed by atoms with Crippen molar-refractivity contribution in [3.8, 4) is 0 Å². The molecule has 6 nitrogen and oxygen atoms in total. The minimum atomic E-state index is -0.0751. The van der Waals surface area contributed by atoms with Gasteiger partial charge in [-0.15, -0.1) is 0 Å². The maximum absolute atomic E-state index is 9.11. The molecule has 18 heavy (non-hydrogen) atoms. The quantitative estimate of drug-likeness (QED) is 0.823. The van der Waals surface area contributed by atoms with Crippen molar-refractivity contribution >= 4 is 5.78 Å². The summed E-state index contributed by atoms with van der Waals surface area (Å²) in [4.78, 5) is 10.9. The molecule has 1 aliphatic rings. The molecule has 0 aliphatic carbocycles. The van der Waals surface area contributed by atoms with Gasteiger partial charge in [0.2, 0.25) is 5.78 Å². The highest BCUT2D eigenvalue weighted by Gasteiger charge is 2.20. The van der Waals surface area contributed by atoms with Crippen LogP contribution in [0.1, 0.15) is 5.69 Å². The second kappa shape index (κ2) is 5.01. The molecule has 2 aromatic heterocycles. The van der Waals surface area contributed by atoms with Gasteiger partial charge in [0, 0.05) is 38.2 Å². The zero-order chi connectivity index (χ0) is 12.4. The van der Waals surface area contributed by atoms with E-state index in [0.29, 0.717) is 6.61 Å². The molecule has 0 bridgehead atoms. The van der Waals surface area contributed by atoms with Crippen LogP contribution in [0, 0.1) is 0 Å². The van der Waals surface area contributed by atoms with Gasteiger partial charge in [-0.2, -0.15) is 0 Å². The van der Waals surface area contributed by atoms with E-state index >= 15 is 0 Å². The van der Waals surface area contributed by atoms with E-state index in [2.05, 4.69) is 14.9 Å². The topological polar surface area (TPSA) is 62.9 Å². The first kappa shape index (κ1) is 11.6. The molecule has 3 rings (SSSR count). The predicted molar refractivity (Wildman–Crippen MR) is 65.1 cm³/mol. The Morgan fingerprint density at radius 2 is 2.44 bits per heavy atom. The molecule has 3 heterocycles. The monoisotopic (exact) mass is 248 g/mol. The highest BCUT2D eigenvalue weighted by atomic mass is 16.5. The Bertz CT molecular complexity index is 495. The van der Waals surface area contributed by atoms with Gasteiger partial charge in [0.1, 0.15) is 0 Å². The fourth-order valence-corrected chi connectivity index (χ4v) is 2.22. The van der Waals surface area contributed by atoms with Crippen LogP contribution >= 0.6 is 0 Å². The summed E-state index contributed by atoms with van der Waals surface area (Å²) in [6.45, 7) is 3.12. The number of rotatable bonds is 3. The maximum atomic E-state index is 9.11. The highest BCUT2D eigenvalue weighted by molar-refractivity contribution is 5.29. The number of nitrogens with zero attached hydrogens (tertiary/aromatic N) is 4. The van der Waals surface area contributed by atoms with Gasteiger partial charge in [0.05, 0.1) is 25.0 Å². The lowest BCUT2D eigenvalue weighted by molar-refractivity contribution is -0.0553. The summed E-state index contributed by atoms with van der Waals surface area (Å²) < 4.78 is 7.34. The number of hydrogen-bond donors (Lipinski definition) is 1. The first-order valence-corrected chi connectivity index (χ1v) is 6.08. The van der Waals surface area contributed by atoms with Gasteiger partial charge >= 0.3 is 0 Å². The lowest BCUT2D eigenvalue weighted by atomic mass is 10.2. The van der Waals surface area contributed by atoms with Gasteiger partial charge in [-0.3, -0.25) is 9.30 Å². The van der Waals surface area contributed by atoms with Crippen molar-refractivity contribution in [3.05, 3.63) is 30.4 Å². The van der Waals surface area contributed by atoms with Crippen molar-refractivity contribution in [1.29, 1.82) is 0 Å². The highest BCUT2D eigenvalue weighted by Crippen LogP contribution is 2.10. The number of aliphatic hydroxyl groups excluding tert-OH is 1. The van der Waals surface area contributed by atoms with E-state index in [1.54, 1.807) is 6.20 Å². The molecule has 2 aromatic rings. The van der Waals surface area contributed by atoms with Crippen LogP contribution < -0.4 is 0 Å². The normalized spacial score (nSPS) is 21.5. The number of aliphatic hydroxyl groups is 1. The van der Waals surface area contributed by atoms with Crippen LogP contribution in [0.2, 0.25) is 0 Å². The second-order valence-corrected chi connectivity index (χ2v) is 4.47. The number of morpholine rings is 1. The van der Waals surface area contributed by atoms with Crippen molar-refractivity contribution in [3.63, 3.8) is 0 Å². The van der Waals surface area contributed by atoms with Crippen LogP contribution in [-0.4, -0.2) is 56.8 Å². The first-order chi connectivity index (χ1) is 8.85. The molecule has 96 valence electrons. The Hall–Kier alpha value is -1.50. The van der Waals surface area contributed by atoms with E-state index in [4.69, 9.17) is 9.84 Å². The lowest BCUT2D eigenvalue weighted by Gasteiger charge is -2.31. The van der Waals surface area contributed by atoms with E-state index in [0.717, 1.165) is 31.1 Å². The molecular weight excluding hydrogens is 232 g/mol. The molecule has 0 spiro atoms. The minimum Gasteiger partial charge on any atom is -0.394 e. The van der Waals surface area contributed by atoms with Gasteiger partial charge in [0.25, 0.3) is 0 Å². The SMILES string of the molecule is OCC1CN(Cc2cn3cccnc3n2)CCO1.